The number of carbonyl (C=O) groups is 1. The first kappa shape index (κ1) is 11.1. The van der Waals surface area contributed by atoms with E-state index in [1.54, 1.807) is 12.1 Å². The van der Waals surface area contributed by atoms with Gasteiger partial charge in [-0.1, -0.05) is 17.7 Å². The molecule has 0 saturated heterocycles. The lowest BCUT2D eigenvalue weighted by Crippen LogP contribution is -2.25. The van der Waals surface area contributed by atoms with Crippen LogP contribution in [-0.2, 0) is 6.54 Å². The summed E-state index contributed by atoms with van der Waals surface area (Å²) in [6.07, 6.45) is 1.82. The second-order valence-corrected chi connectivity index (χ2v) is 4.89. The minimum atomic E-state index is -0.103. The number of aromatic amines is 1. The molecule has 1 amide bonds. The molecule has 0 bridgehead atoms. The Bertz CT molecular complexity index is 484. The van der Waals surface area contributed by atoms with Gasteiger partial charge in [-0.3, -0.25) is 4.79 Å². The summed E-state index contributed by atoms with van der Waals surface area (Å²) in [5, 5.41) is 2.81. The predicted molar refractivity (Wildman–Crippen MR) is 63.5 cm³/mol. The minimum absolute atomic E-state index is 0.103. The van der Waals surface area contributed by atoms with E-state index in [2.05, 4.69) is 10.3 Å². The summed E-state index contributed by atoms with van der Waals surface area (Å²) in [5.74, 6) is -0.103. The molecule has 0 unspecified atom stereocenters. The maximum Gasteiger partial charge on any atom is 0.261 e. The monoisotopic (exact) mass is 253 g/mol. The van der Waals surface area contributed by atoms with Crippen molar-refractivity contribution in [3.63, 3.8) is 0 Å². The van der Waals surface area contributed by atoms with E-state index in [1.807, 2.05) is 24.4 Å². The minimum Gasteiger partial charge on any atom is -0.341 e. The summed E-state index contributed by atoms with van der Waals surface area (Å²) in [4.78, 5) is 15.3. The highest BCUT2D eigenvalue weighted by atomic mass is 35.5. The van der Waals surface area contributed by atoms with Crippen molar-refractivity contribution in [2.24, 2.45) is 0 Å². The van der Waals surface area contributed by atoms with Gasteiger partial charge in [-0.2, -0.15) is 0 Å². The molecule has 0 radical (unpaired) electrons. The van der Waals surface area contributed by atoms with Gasteiger partial charge in [0.15, 0.2) is 11.9 Å². The molecular weight excluding hydrogens is 244 g/mol. The highest BCUT2D eigenvalue weighted by Crippen LogP contribution is 2.21. The van der Waals surface area contributed by atoms with Gasteiger partial charge in [-0.15, -0.1) is 11.3 Å². The van der Waals surface area contributed by atoms with Crippen LogP contribution >= 0.6 is 22.9 Å². The van der Waals surface area contributed by atoms with Crippen LogP contribution in [0.25, 0.3) is 0 Å². The van der Waals surface area contributed by atoms with E-state index < -0.39 is 0 Å². The molecule has 16 heavy (non-hydrogen) atoms. The van der Waals surface area contributed by atoms with Crippen LogP contribution < -0.4 is 10.3 Å². The third kappa shape index (κ3) is 2.81. The van der Waals surface area contributed by atoms with E-state index in [-0.39, 0.29) is 5.91 Å². The van der Waals surface area contributed by atoms with Crippen LogP contribution in [0.1, 0.15) is 15.4 Å². The number of halogens is 1. The molecule has 0 aliphatic carbocycles. The van der Waals surface area contributed by atoms with Crippen molar-refractivity contribution in [1.82, 2.24) is 5.32 Å². The quantitative estimate of drug-likeness (QED) is 0.895. The van der Waals surface area contributed by atoms with Gasteiger partial charge in [0.2, 0.25) is 0 Å². The van der Waals surface area contributed by atoms with E-state index in [9.17, 15) is 4.79 Å². The number of carbonyl (C=O) groups excluding carboxylic acids is 1. The summed E-state index contributed by atoms with van der Waals surface area (Å²) in [5.41, 5.74) is 0.957. The molecule has 0 saturated carbocycles. The Morgan fingerprint density at radius 3 is 2.88 bits per heavy atom. The van der Waals surface area contributed by atoms with Crippen molar-refractivity contribution in [2.75, 3.05) is 0 Å². The fraction of sp³-hybridized carbons (Fsp3) is 0.0909. The van der Waals surface area contributed by atoms with Gasteiger partial charge < -0.3 is 5.32 Å². The number of pyridine rings is 1. The average molecular weight is 254 g/mol. The Morgan fingerprint density at radius 2 is 2.25 bits per heavy atom. The molecular formula is C11H10ClN2OS+. The van der Waals surface area contributed by atoms with Crippen LogP contribution in [0.2, 0.25) is 4.34 Å². The van der Waals surface area contributed by atoms with Crippen LogP contribution in [0, 0.1) is 0 Å². The zero-order valence-electron chi connectivity index (χ0n) is 8.37. The third-order valence-corrected chi connectivity index (χ3v) is 3.24. The van der Waals surface area contributed by atoms with Crippen LogP contribution in [0.4, 0.5) is 0 Å². The van der Waals surface area contributed by atoms with E-state index >= 15 is 0 Å². The summed E-state index contributed by atoms with van der Waals surface area (Å²) >= 11 is 7.03. The lowest BCUT2D eigenvalue weighted by Gasteiger charge is -1.98. The van der Waals surface area contributed by atoms with Crippen molar-refractivity contribution >= 4 is 28.8 Å². The number of rotatable bonds is 3. The SMILES string of the molecule is O=C(NCc1cccc[nH+]1)c1ccc(Cl)s1. The lowest BCUT2D eigenvalue weighted by atomic mass is 10.3. The third-order valence-electron chi connectivity index (χ3n) is 2.01. The van der Waals surface area contributed by atoms with Crippen LogP contribution in [0.15, 0.2) is 36.5 Å². The first-order chi connectivity index (χ1) is 7.75. The lowest BCUT2D eigenvalue weighted by molar-refractivity contribution is -0.390. The summed E-state index contributed by atoms with van der Waals surface area (Å²) in [7, 11) is 0. The highest BCUT2D eigenvalue weighted by molar-refractivity contribution is 7.17. The van der Waals surface area contributed by atoms with Gasteiger partial charge in [0.1, 0.15) is 6.54 Å². The zero-order valence-corrected chi connectivity index (χ0v) is 9.94. The molecule has 0 aromatic carbocycles. The maximum atomic E-state index is 11.7. The van der Waals surface area contributed by atoms with Gasteiger partial charge in [0.05, 0.1) is 9.21 Å². The number of aromatic nitrogens is 1. The topological polar surface area (TPSA) is 43.2 Å². The number of thiophene rings is 1. The summed E-state index contributed by atoms with van der Waals surface area (Å²) in [6, 6.07) is 9.17. The van der Waals surface area contributed by atoms with E-state index in [4.69, 9.17) is 11.6 Å². The molecule has 0 aliphatic heterocycles. The molecule has 2 aromatic rings. The second kappa shape index (κ2) is 5.09. The van der Waals surface area contributed by atoms with E-state index in [1.165, 1.54) is 11.3 Å². The predicted octanol–water partition coefficient (Wildman–Crippen LogP) is 2.15. The molecule has 0 spiro atoms. The summed E-state index contributed by atoms with van der Waals surface area (Å²) in [6.45, 7) is 0.481. The second-order valence-electron chi connectivity index (χ2n) is 3.17. The highest BCUT2D eigenvalue weighted by Gasteiger charge is 2.09. The fourth-order valence-corrected chi connectivity index (χ4v) is 2.20. The van der Waals surface area contributed by atoms with Crippen molar-refractivity contribution in [2.45, 2.75) is 6.54 Å². The summed E-state index contributed by atoms with van der Waals surface area (Å²) < 4.78 is 0.622. The zero-order chi connectivity index (χ0) is 11.4. The fourth-order valence-electron chi connectivity index (χ4n) is 1.24. The Labute approximate surface area is 102 Å². The van der Waals surface area contributed by atoms with Gasteiger partial charge in [-0.05, 0) is 12.1 Å². The molecule has 2 heterocycles. The number of H-pyrrole nitrogens is 1. The van der Waals surface area contributed by atoms with Gasteiger partial charge in [-0.25, -0.2) is 4.98 Å². The van der Waals surface area contributed by atoms with Crippen LogP contribution in [0.3, 0.4) is 0 Å². The number of hydrogen-bond donors (Lipinski definition) is 1. The number of nitrogens with one attached hydrogen (secondary N) is 2. The van der Waals surface area contributed by atoms with Gasteiger partial charge in [0.25, 0.3) is 5.91 Å². The molecule has 0 atom stereocenters. The molecule has 2 rings (SSSR count). The van der Waals surface area contributed by atoms with E-state index in [0.29, 0.717) is 15.8 Å². The molecule has 0 aliphatic rings. The molecule has 2 N–H and O–H groups in total. The Balaban J connectivity index is 1.94. The van der Waals surface area contributed by atoms with Gasteiger partial charge in [0, 0.05) is 12.1 Å². The van der Waals surface area contributed by atoms with E-state index in [0.717, 1.165) is 5.69 Å². The van der Waals surface area contributed by atoms with Crippen LogP contribution in [0.5, 0.6) is 0 Å². The molecule has 82 valence electrons. The Morgan fingerprint density at radius 1 is 1.38 bits per heavy atom. The first-order valence-corrected chi connectivity index (χ1v) is 5.94. The number of amides is 1. The van der Waals surface area contributed by atoms with Crippen molar-refractivity contribution < 1.29 is 9.78 Å². The molecule has 0 fully saturated rings. The Hall–Kier alpha value is -1.39. The normalized spacial score (nSPS) is 10.1. The first-order valence-electron chi connectivity index (χ1n) is 4.75. The maximum absolute atomic E-state index is 11.7. The smallest absolute Gasteiger partial charge is 0.261 e. The molecule has 5 heteroatoms. The standard InChI is InChI=1S/C11H9ClN2OS/c12-10-5-4-9(16-10)11(15)14-7-8-3-1-2-6-13-8/h1-6H,7H2,(H,14,15)/p+1. The average Bonchev–Trinajstić information content (AvgIpc) is 2.74. The Kier molecular flexibility index (Phi) is 3.54. The van der Waals surface area contributed by atoms with Crippen molar-refractivity contribution in [3.8, 4) is 0 Å². The van der Waals surface area contributed by atoms with Gasteiger partial charge >= 0.3 is 0 Å². The molecule has 3 nitrogen and oxygen atoms in total. The molecule has 2 aromatic heterocycles. The number of hydrogen-bond acceptors (Lipinski definition) is 2. The van der Waals surface area contributed by atoms with Crippen molar-refractivity contribution in [1.29, 1.82) is 0 Å². The van der Waals surface area contributed by atoms with Crippen molar-refractivity contribution in [3.05, 3.63) is 51.4 Å². The largest absolute Gasteiger partial charge is 0.341 e. The van der Waals surface area contributed by atoms with Crippen LogP contribution in [-0.4, -0.2) is 5.91 Å².